The molecule has 154 valence electrons. The van der Waals surface area contributed by atoms with Crippen LogP contribution in [-0.2, 0) is 0 Å². The summed E-state index contributed by atoms with van der Waals surface area (Å²) in [5.41, 5.74) is 14.8. The molecule has 0 aromatic heterocycles. The number of nitrogens with two attached hydrogens (primary N) is 2. The van der Waals surface area contributed by atoms with Gasteiger partial charge in [-0.15, -0.1) is 0 Å². The van der Waals surface area contributed by atoms with Crippen molar-refractivity contribution in [1.29, 1.82) is 0 Å². The summed E-state index contributed by atoms with van der Waals surface area (Å²) < 4.78 is 11.8. The Morgan fingerprint density at radius 1 is 0.645 bits per heavy atom. The van der Waals surface area contributed by atoms with Crippen LogP contribution in [0.2, 0.25) is 0 Å². The molecular weight excluding hydrogens is 388 g/mol. The highest BCUT2D eigenvalue weighted by atomic mass is 16.5. The predicted molar refractivity (Wildman–Crippen MR) is 123 cm³/mol. The summed E-state index contributed by atoms with van der Waals surface area (Å²) in [5.74, 6) is 2.61. The molecule has 0 saturated carbocycles. The average Bonchev–Trinajstić information content (AvgIpc) is 2.76. The molecular formula is C26H22N2O3. The number of ketones is 1. The number of hydrogen-bond donors (Lipinski definition) is 2. The third-order valence-electron chi connectivity index (χ3n) is 4.73. The van der Waals surface area contributed by atoms with Gasteiger partial charge in [-0.1, -0.05) is 18.2 Å². The molecule has 0 radical (unpaired) electrons. The van der Waals surface area contributed by atoms with Crippen molar-refractivity contribution >= 4 is 17.2 Å². The molecule has 0 heterocycles. The quantitative estimate of drug-likeness (QED) is 0.302. The summed E-state index contributed by atoms with van der Waals surface area (Å²) in [5, 5.41) is 0. The largest absolute Gasteiger partial charge is 0.457 e. The number of aryl methyl sites for hydroxylation is 1. The van der Waals surface area contributed by atoms with Crippen LogP contribution in [0.15, 0.2) is 91.0 Å². The lowest BCUT2D eigenvalue weighted by molar-refractivity contribution is 0.103. The van der Waals surface area contributed by atoms with E-state index in [1.54, 1.807) is 48.5 Å². The molecule has 0 aliphatic heterocycles. The third kappa shape index (κ3) is 4.85. The molecule has 0 aliphatic rings. The molecule has 5 heteroatoms. The molecule has 0 bridgehead atoms. The first kappa shape index (κ1) is 20.0. The molecule has 0 fully saturated rings. The standard InChI is InChI=1S/C26H22N2O3/c1-17-14-19(26(29)18-4-2-5-20(27)15-18)8-13-25(17)31-23-11-9-22(10-12-23)30-24-7-3-6-21(28)16-24/h2-16H,27-28H2,1H3. The van der Waals surface area contributed by atoms with E-state index >= 15 is 0 Å². The molecule has 0 atom stereocenters. The Balaban J connectivity index is 1.46. The highest BCUT2D eigenvalue weighted by Crippen LogP contribution is 2.30. The third-order valence-corrected chi connectivity index (χ3v) is 4.73. The first-order chi connectivity index (χ1) is 15.0. The summed E-state index contributed by atoms with van der Waals surface area (Å²) in [7, 11) is 0. The Morgan fingerprint density at radius 3 is 1.90 bits per heavy atom. The van der Waals surface area contributed by atoms with Gasteiger partial charge in [0.05, 0.1) is 0 Å². The molecule has 0 saturated heterocycles. The Labute approximate surface area is 180 Å². The van der Waals surface area contributed by atoms with E-state index in [0.717, 1.165) is 5.56 Å². The number of carbonyl (C=O) groups is 1. The van der Waals surface area contributed by atoms with Crippen molar-refractivity contribution < 1.29 is 14.3 Å². The van der Waals surface area contributed by atoms with Crippen LogP contribution in [0.25, 0.3) is 0 Å². The molecule has 0 unspecified atom stereocenters. The fourth-order valence-electron chi connectivity index (χ4n) is 3.17. The van der Waals surface area contributed by atoms with E-state index in [4.69, 9.17) is 20.9 Å². The lowest BCUT2D eigenvalue weighted by atomic mass is 10.0. The van der Waals surface area contributed by atoms with Crippen LogP contribution in [0.1, 0.15) is 21.5 Å². The molecule has 5 nitrogen and oxygen atoms in total. The summed E-state index contributed by atoms with van der Waals surface area (Å²) >= 11 is 0. The van der Waals surface area contributed by atoms with Gasteiger partial charge in [0, 0.05) is 28.6 Å². The van der Waals surface area contributed by atoms with Gasteiger partial charge in [-0.3, -0.25) is 4.79 Å². The van der Waals surface area contributed by atoms with Crippen molar-refractivity contribution in [2.24, 2.45) is 0 Å². The van der Waals surface area contributed by atoms with E-state index in [0.29, 0.717) is 45.5 Å². The van der Waals surface area contributed by atoms with E-state index in [1.165, 1.54) is 0 Å². The number of carbonyl (C=O) groups excluding carboxylic acids is 1. The van der Waals surface area contributed by atoms with Gasteiger partial charge in [0.1, 0.15) is 23.0 Å². The number of rotatable bonds is 6. The Hall–Kier alpha value is -4.25. The molecule has 4 N–H and O–H groups in total. The van der Waals surface area contributed by atoms with E-state index in [2.05, 4.69) is 0 Å². The van der Waals surface area contributed by atoms with Crippen LogP contribution >= 0.6 is 0 Å². The van der Waals surface area contributed by atoms with Crippen LogP contribution in [0.3, 0.4) is 0 Å². The van der Waals surface area contributed by atoms with Gasteiger partial charge in [-0.25, -0.2) is 0 Å². The molecule has 4 rings (SSSR count). The van der Waals surface area contributed by atoms with Crippen LogP contribution in [0, 0.1) is 6.92 Å². The highest BCUT2D eigenvalue weighted by Gasteiger charge is 2.12. The lowest BCUT2D eigenvalue weighted by Crippen LogP contribution is -2.03. The number of benzene rings is 4. The molecule has 0 spiro atoms. The van der Waals surface area contributed by atoms with Crippen molar-refractivity contribution in [3.05, 3.63) is 108 Å². The van der Waals surface area contributed by atoms with Gasteiger partial charge < -0.3 is 20.9 Å². The number of nitrogen functional groups attached to an aromatic ring is 2. The minimum absolute atomic E-state index is 0.0787. The van der Waals surface area contributed by atoms with Gasteiger partial charge in [-0.05, 0) is 79.2 Å². The Bertz CT molecular complexity index is 1230. The first-order valence-corrected chi connectivity index (χ1v) is 9.80. The maximum Gasteiger partial charge on any atom is 0.193 e. The number of hydrogen-bond acceptors (Lipinski definition) is 5. The number of ether oxygens (including phenoxy) is 2. The maximum atomic E-state index is 12.7. The van der Waals surface area contributed by atoms with Crippen molar-refractivity contribution in [3.63, 3.8) is 0 Å². The second-order valence-corrected chi connectivity index (χ2v) is 7.18. The van der Waals surface area contributed by atoms with Crippen LogP contribution < -0.4 is 20.9 Å². The zero-order valence-corrected chi connectivity index (χ0v) is 17.0. The summed E-state index contributed by atoms with van der Waals surface area (Å²) in [4.78, 5) is 12.7. The second kappa shape index (κ2) is 8.63. The van der Waals surface area contributed by atoms with Crippen molar-refractivity contribution in [1.82, 2.24) is 0 Å². The Kier molecular flexibility index (Phi) is 5.58. The van der Waals surface area contributed by atoms with E-state index in [1.807, 2.05) is 49.4 Å². The SMILES string of the molecule is Cc1cc(C(=O)c2cccc(N)c2)ccc1Oc1ccc(Oc2cccc(N)c2)cc1. The van der Waals surface area contributed by atoms with Crippen molar-refractivity contribution in [2.75, 3.05) is 11.5 Å². The van der Waals surface area contributed by atoms with Gasteiger partial charge in [0.25, 0.3) is 0 Å². The zero-order valence-electron chi connectivity index (χ0n) is 17.0. The summed E-state index contributed by atoms with van der Waals surface area (Å²) in [6.07, 6.45) is 0. The molecule has 0 aliphatic carbocycles. The van der Waals surface area contributed by atoms with Gasteiger partial charge in [0.15, 0.2) is 5.78 Å². The van der Waals surface area contributed by atoms with Crippen molar-refractivity contribution in [3.8, 4) is 23.0 Å². The van der Waals surface area contributed by atoms with E-state index in [-0.39, 0.29) is 5.78 Å². The fourth-order valence-corrected chi connectivity index (χ4v) is 3.17. The molecule has 0 amide bonds. The normalized spacial score (nSPS) is 10.5. The average molecular weight is 410 g/mol. The molecule has 31 heavy (non-hydrogen) atoms. The Morgan fingerprint density at radius 2 is 1.26 bits per heavy atom. The summed E-state index contributed by atoms with van der Waals surface area (Å²) in [6.45, 7) is 1.91. The van der Waals surface area contributed by atoms with Gasteiger partial charge in [0.2, 0.25) is 0 Å². The monoisotopic (exact) mass is 410 g/mol. The number of anilines is 2. The molecule has 4 aromatic carbocycles. The fraction of sp³-hybridized carbons (Fsp3) is 0.0385. The summed E-state index contributed by atoms with van der Waals surface area (Å²) in [6, 6.07) is 26.9. The molecule has 4 aromatic rings. The second-order valence-electron chi connectivity index (χ2n) is 7.18. The predicted octanol–water partition coefficient (Wildman–Crippen LogP) is 5.98. The zero-order chi connectivity index (χ0) is 21.8. The van der Waals surface area contributed by atoms with Crippen LogP contribution in [-0.4, -0.2) is 5.78 Å². The van der Waals surface area contributed by atoms with Crippen LogP contribution in [0.5, 0.6) is 23.0 Å². The van der Waals surface area contributed by atoms with Crippen LogP contribution in [0.4, 0.5) is 11.4 Å². The minimum atomic E-state index is -0.0787. The lowest BCUT2D eigenvalue weighted by Gasteiger charge is -2.11. The topological polar surface area (TPSA) is 87.6 Å². The van der Waals surface area contributed by atoms with Crippen molar-refractivity contribution in [2.45, 2.75) is 6.92 Å². The van der Waals surface area contributed by atoms with E-state index in [9.17, 15) is 4.79 Å². The first-order valence-electron chi connectivity index (χ1n) is 9.80. The van der Waals surface area contributed by atoms with Gasteiger partial charge >= 0.3 is 0 Å². The minimum Gasteiger partial charge on any atom is -0.457 e. The maximum absolute atomic E-state index is 12.7. The smallest absolute Gasteiger partial charge is 0.193 e. The highest BCUT2D eigenvalue weighted by molar-refractivity contribution is 6.09. The van der Waals surface area contributed by atoms with E-state index < -0.39 is 0 Å². The van der Waals surface area contributed by atoms with Gasteiger partial charge in [-0.2, -0.15) is 0 Å².